The van der Waals surface area contributed by atoms with Crippen molar-refractivity contribution >= 4 is 11.6 Å². The molecule has 0 heterocycles. The summed E-state index contributed by atoms with van der Waals surface area (Å²) in [5, 5.41) is 0.740. The smallest absolute Gasteiger partial charge is 0.125 e. The van der Waals surface area contributed by atoms with Crippen LogP contribution in [0.3, 0.4) is 0 Å². The Hall–Kier alpha value is -1.17. The highest BCUT2D eigenvalue weighted by atomic mass is 35.5. The van der Waals surface area contributed by atoms with E-state index < -0.39 is 0 Å². The van der Waals surface area contributed by atoms with Crippen LogP contribution in [-0.4, -0.2) is 24.5 Å². The van der Waals surface area contributed by atoms with Gasteiger partial charge in [-0.2, -0.15) is 0 Å². The molecule has 19 heavy (non-hydrogen) atoms. The summed E-state index contributed by atoms with van der Waals surface area (Å²) in [7, 11) is 0. The third kappa shape index (κ3) is 7.10. The fraction of sp³-hybridized carbons (Fsp3) is 0.500. The molecule has 0 aliphatic carbocycles. The number of halogens is 1. The fourth-order valence-electron chi connectivity index (χ4n) is 1.63. The van der Waals surface area contributed by atoms with Crippen LogP contribution in [0.2, 0.25) is 5.02 Å². The number of benzene rings is 1. The Balaban J connectivity index is 2.25. The van der Waals surface area contributed by atoms with Gasteiger partial charge in [-0.1, -0.05) is 44.0 Å². The molecule has 3 heteroatoms. The maximum Gasteiger partial charge on any atom is 0.125 e. The van der Waals surface area contributed by atoms with Crippen molar-refractivity contribution in [1.82, 2.24) is 4.90 Å². The van der Waals surface area contributed by atoms with Crippen LogP contribution in [0.4, 0.5) is 0 Å². The van der Waals surface area contributed by atoms with Gasteiger partial charge in [-0.25, -0.2) is 0 Å². The van der Waals surface area contributed by atoms with E-state index in [-0.39, 0.29) is 0 Å². The molecule has 0 radical (unpaired) electrons. The van der Waals surface area contributed by atoms with Gasteiger partial charge in [0.15, 0.2) is 0 Å². The predicted molar refractivity (Wildman–Crippen MR) is 81.0 cm³/mol. The van der Waals surface area contributed by atoms with E-state index in [1.54, 1.807) is 0 Å². The molecule has 1 aromatic rings. The van der Waals surface area contributed by atoms with Crippen molar-refractivity contribution in [3.05, 3.63) is 34.9 Å². The second-order valence-electron chi connectivity index (χ2n) is 4.42. The first kappa shape index (κ1) is 15.9. The topological polar surface area (TPSA) is 12.5 Å². The molecule has 104 valence electrons. The zero-order chi connectivity index (χ0) is 13.9. The lowest BCUT2D eigenvalue weighted by Gasteiger charge is -2.15. The molecule has 0 N–H and O–H groups in total. The van der Waals surface area contributed by atoms with Crippen LogP contribution in [0.25, 0.3) is 0 Å². The number of hydrogen-bond donors (Lipinski definition) is 0. The SMILES string of the molecule is CCCCN(CC)CC#COCc1ccc(Cl)cc1. The van der Waals surface area contributed by atoms with E-state index in [1.165, 1.54) is 12.8 Å². The Labute approximate surface area is 121 Å². The highest BCUT2D eigenvalue weighted by molar-refractivity contribution is 6.30. The molecule has 0 aliphatic heterocycles. The molecule has 0 bridgehead atoms. The van der Waals surface area contributed by atoms with Crippen LogP contribution in [0.15, 0.2) is 24.3 Å². The molecule has 0 atom stereocenters. The van der Waals surface area contributed by atoms with Crippen molar-refractivity contribution in [3.63, 3.8) is 0 Å². The summed E-state index contributed by atoms with van der Waals surface area (Å²) in [6.45, 7) is 7.79. The minimum Gasteiger partial charge on any atom is -0.442 e. The average molecular weight is 280 g/mol. The minimum atomic E-state index is 0.505. The van der Waals surface area contributed by atoms with Crippen LogP contribution in [-0.2, 0) is 11.3 Å². The Bertz CT molecular complexity index is 405. The van der Waals surface area contributed by atoms with Crippen LogP contribution in [0.1, 0.15) is 32.3 Å². The van der Waals surface area contributed by atoms with Gasteiger partial charge < -0.3 is 4.74 Å². The molecule has 2 nitrogen and oxygen atoms in total. The first-order chi connectivity index (χ1) is 9.26. The van der Waals surface area contributed by atoms with Crippen LogP contribution >= 0.6 is 11.6 Å². The fourth-order valence-corrected chi connectivity index (χ4v) is 1.75. The van der Waals surface area contributed by atoms with Gasteiger partial charge in [0.25, 0.3) is 0 Å². The Kier molecular flexibility index (Phi) is 8.13. The monoisotopic (exact) mass is 279 g/mol. The van der Waals surface area contributed by atoms with E-state index in [9.17, 15) is 0 Å². The quantitative estimate of drug-likeness (QED) is 0.701. The summed E-state index contributed by atoms with van der Waals surface area (Å²) in [5.74, 6) is 3.05. The largest absolute Gasteiger partial charge is 0.442 e. The van der Waals surface area contributed by atoms with Gasteiger partial charge in [-0.05, 0) is 43.1 Å². The number of hydrogen-bond acceptors (Lipinski definition) is 2. The van der Waals surface area contributed by atoms with Crippen molar-refractivity contribution in [2.45, 2.75) is 33.3 Å². The average Bonchev–Trinajstić information content (AvgIpc) is 2.44. The van der Waals surface area contributed by atoms with E-state index in [0.717, 1.165) is 30.2 Å². The molecule has 0 saturated carbocycles. The lowest BCUT2D eigenvalue weighted by atomic mass is 10.2. The van der Waals surface area contributed by atoms with Crippen molar-refractivity contribution < 1.29 is 4.74 Å². The van der Waals surface area contributed by atoms with Crippen LogP contribution in [0.5, 0.6) is 0 Å². The number of ether oxygens (including phenoxy) is 1. The van der Waals surface area contributed by atoms with E-state index in [2.05, 4.69) is 30.8 Å². The molecule has 1 aromatic carbocycles. The molecule has 0 spiro atoms. The summed E-state index contributed by atoms with van der Waals surface area (Å²) < 4.78 is 5.33. The molecule has 0 amide bonds. The van der Waals surface area contributed by atoms with Crippen LogP contribution in [0, 0.1) is 12.0 Å². The second-order valence-corrected chi connectivity index (χ2v) is 4.85. The molecule has 1 rings (SSSR count). The molecule has 0 fully saturated rings. The standard InChI is InChI=1S/C16H22ClNO/c1-3-5-11-18(4-2)12-6-13-19-14-15-7-9-16(17)10-8-15/h7-10H,3-5,11-12,14H2,1-2H3. The lowest BCUT2D eigenvalue weighted by Crippen LogP contribution is -2.24. The van der Waals surface area contributed by atoms with E-state index in [4.69, 9.17) is 16.3 Å². The Morgan fingerprint density at radius 2 is 1.95 bits per heavy atom. The summed E-state index contributed by atoms with van der Waals surface area (Å²) in [6, 6.07) is 7.61. The van der Waals surface area contributed by atoms with Gasteiger partial charge >= 0.3 is 0 Å². The lowest BCUT2D eigenvalue weighted by molar-refractivity contribution is 0.262. The van der Waals surface area contributed by atoms with E-state index in [1.807, 2.05) is 24.3 Å². The molecule has 0 aliphatic rings. The number of rotatable bonds is 7. The second kappa shape index (κ2) is 9.72. The van der Waals surface area contributed by atoms with Gasteiger partial charge in [0.1, 0.15) is 12.7 Å². The van der Waals surface area contributed by atoms with Crippen molar-refractivity contribution in [3.8, 4) is 12.0 Å². The Morgan fingerprint density at radius 1 is 1.21 bits per heavy atom. The molecule has 0 unspecified atom stereocenters. The van der Waals surface area contributed by atoms with Crippen LogP contribution < -0.4 is 0 Å². The van der Waals surface area contributed by atoms with E-state index >= 15 is 0 Å². The molecular formula is C16H22ClNO. The van der Waals surface area contributed by atoms with Gasteiger partial charge in [-0.15, -0.1) is 0 Å². The third-order valence-electron chi connectivity index (χ3n) is 2.87. The first-order valence-corrected chi connectivity index (χ1v) is 7.20. The van der Waals surface area contributed by atoms with Gasteiger partial charge in [0, 0.05) is 5.02 Å². The molecule has 0 aromatic heterocycles. The zero-order valence-electron chi connectivity index (χ0n) is 11.8. The van der Waals surface area contributed by atoms with Gasteiger partial charge in [-0.3, -0.25) is 4.90 Å². The minimum absolute atomic E-state index is 0.505. The van der Waals surface area contributed by atoms with Crippen molar-refractivity contribution in [1.29, 1.82) is 0 Å². The number of nitrogens with zero attached hydrogens (tertiary/aromatic N) is 1. The normalized spacial score (nSPS) is 10.1. The first-order valence-electron chi connectivity index (χ1n) is 6.82. The summed E-state index contributed by atoms with van der Waals surface area (Å²) >= 11 is 5.81. The van der Waals surface area contributed by atoms with Gasteiger partial charge in [0.2, 0.25) is 0 Å². The third-order valence-corrected chi connectivity index (χ3v) is 3.13. The van der Waals surface area contributed by atoms with Crippen molar-refractivity contribution in [2.24, 2.45) is 0 Å². The summed E-state index contributed by atoms with van der Waals surface area (Å²) in [5.41, 5.74) is 1.08. The molecule has 0 saturated heterocycles. The summed E-state index contributed by atoms with van der Waals surface area (Å²) in [4.78, 5) is 2.32. The predicted octanol–water partition coefficient (Wildman–Crippen LogP) is 3.94. The maximum absolute atomic E-state index is 5.81. The summed E-state index contributed by atoms with van der Waals surface area (Å²) in [6.07, 6.45) is 5.21. The molecular weight excluding hydrogens is 258 g/mol. The highest BCUT2D eigenvalue weighted by Crippen LogP contribution is 2.09. The van der Waals surface area contributed by atoms with E-state index in [0.29, 0.717) is 6.61 Å². The van der Waals surface area contributed by atoms with Crippen molar-refractivity contribution in [2.75, 3.05) is 19.6 Å². The Morgan fingerprint density at radius 3 is 2.58 bits per heavy atom. The number of unbranched alkanes of at least 4 members (excludes halogenated alkanes) is 1. The maximum atomic E-state index is 5.81. The zero-order valence-corrected chi connectivity index (χ0v) is 12.5. The van der Waals surface area contributed by atoms with Gasteiger partial charge in [0.05, 0.1) is 6.54 Å². The highest BCUT2D eigenvalue weighted by Gasteiger charge is 1.97.